The Morgan fingerprint density at radius 1 is 1.40 bits per heavy atom. The number of carbonyl (C=O) groups excluding carboxylic acids is 1. The standard InChI is InChI=1S/C5H9ClO4/c6-5(10)1-3(8)4(9)2-7/h3-4,7-9H,1-2H2. The first-order valence-corrected chi connectivity index (χ1v) is 3.11. The highest BCUT2D eigenvalue weighted by atomic mass is 35.5. The molecule has 0 heterocycles. The molecule has 0 saturated heterocycles. The van der Waals surface area contributed by atoms with Crippen LogP contribution in [0.2, 0.25) is 0 Å². The van der Waals surface area contributed by atoms with Crippen molar-refractivity contribution in [2.75, 3.05) is 6.61 Å². The van der Waals surface area contributed by atoms with Gasteiger partial charge in [-0.25, -0.2) is 0 Å². The summed E-state index contributed by atoms with van der Waals surface area (Å²) in [5, 5.41) is 25.0. The van der Waals surface area contributed by atoms with Gasteiger partial charge >= 0.3 is 0 Å². The molecule has 60 valence electrons. The number of hydrogen-bond acceptors (Lipinski definition) is 4. The molecule has 2 atom stereocenters. The summed E-state index contributed by atoms with van der Waals surface area (Å²) in [6.45, 7) is -0.578. The van der Waals surface area contributed by atoms with Gasteiger partial charge in [-0.3, -0.25) is 4.79 Å². The van der Waals surface area contributed by atoms with Crippen molar-refractivity contribution in [3.8, 4) is 0 Å². The van der Waals surface area contributed by atoms with Crippen molar-refractivity contribution in [3.63, 3.8) is 0 Å². The maximum absolute atomic E-state index is 10.1. The monoisotopic (exact) mass is 168 g/mol. The molecule has 0 aliphatic carbocycles. The predicted molar refractivity (Wildman–Crippen MR) is 34.6 cm³/mol. The smallest absolute Gasteiger partial charge is 0.224 e. The van der Waals surface area contributed by atoms with E-state index in [1.165, 1.54) is 0 Å². The summed E-state index contributed by atoms with van der Waals surface area (Å²) < 4.78 is 0. The molecule has 0 rings (SSSR count). The lowest BCUT2D eigenvalue weighted by Crippen LogP contribution is -2.30. The lowest BCUT2D eigenvalue weighted by atomic mass is 10.2. The van der Waals surface area contributed by atoms with E-state index in [0.717, 1.165) is 0 Å². The van der Waals surface area contributed by atoms with Crippen molar-refractivity contribution in [3.05, 3.63) is 0 Å². The number of hydrogen-bond donors (Lipinski definition) is 3. The van der Waals surface area contributed by atoms with E-state index in [0.29, 0.717) is 0 Å². The zero-order valence-corrected chi connectivity index (χ0v) is 5.95. The second kappa shape index (κ2) is 4.62. The van der Waals surface area contributed by atoms with Gasteiger partial charge in [0.05, 0.1) is 19.1 Å². The van der Waals surface area contributed by atoms with E-state index in [-0.39, 0.29) is 6.42 Å². The highest BCUT2D eigenvalue weighted by Gasteiger charge is 2.17. The molecule has 5 heteroatoms. The molecule has 0 aromatic rings. The zero-order chi connectivity index (χ0) is 8.15. The van der Waals surface area contributed by atoms with Crippen LogP contribution in [-0.2, 0) is 4.79 Å². The number of aliphatic hydroxyl groups excluding tert-OH is 3. The fraction of sp³-hybridized carbons (Fsp3) is 0.800. The summed E-state index contributed by atoms with van der Waals surface area (Å²) >= 11 is 4.88. The summed E-state index contributed by atoms with van der Waals surface area (Å²) in [6.07, 6.45) is -2.90. The molecular formula is C5H9ClO4. The SMILES string of the molecule is O=C(Cl)CC(O)C(O)CO. The Kier molecular flexibility index (Phi) is 4.55. The van der Waals surface area contributed by atoms with Crippen molar-refractivity contribution in [1.82, 2.24) is 0 Å². The Bertz CT molecular complexity index is 116. The molecule has 0 aliphatic heterocycles. The van der Waals surface area contributed by atoms with Crippen LogP contribution >= 0.6 is 11.6 Å². The van der Waals surface area contributed by atoms with Gasteiger partial charge in [0.1, 0.15) is 6.10 Å². The zero-order valence-electron chi connectivity index (χ0n) is 5.20. The quantitative estimate of drug-likeness (QED) is 0.464. The number of halogens is 1. The normalized spacial score (nSPS) is 16.4. The highest BCUT2D eigenvalue weighted by molar-refractivity contribution is 6.63. The van der Waals surface area contributed by atoms with E-state index in [1.807, 2.05) is 0 Å². The largest absolute Gasteiger partial charge is 0.394 e. The van der Waals surface area contributed by atoms with Crippen LogP contribution in [0.15, 0.2) is 0 Å². The molecule has 4 nitrogen and oxygen atoms in total. The highest BCUT2D eigenvalue weighted by Crippen LogP contribution is 2.00. The molecule has 0 fully saturated rings. The summed E-state index contributed by atoms with van der Waals surface area (Å²) in [5.74, 6) is 0. The Labute approximate surface area is 63.0 Å². The number of aliphatic hydroxyl groups is 3. The fourth-order valence-electron chi connectivity index (χ4n) is 0.422. The molecule has 0 aromatic carbocycles. The van der Waals surface area contributed by atoms with Crippen LogP contribution in [-0.4, -0.2) is 39.4 Å². The first-order chi connectivity index (χ1) is 4.57. The van der Waals surface area contributed by atoms with Crippen LogP contribution in [0, 0.1) is 0 Å². The van der Waals surface area contributed by atoms with Gasteiger partial charge in [-0.2, -0.15) is 0 Å². The summed E-state index contributed by atoms with van der Waals surface area (Å²) in [6, 6.07) is 0. The number of carbonyl (C=O) groups is 1. The molecule has 0 aromatic heterocycles. The van der Waals surface area contributed by atoms with Crippen LogP contribution in [0.1, 0.15) is 6.42 Å². The molecule has 0 spiro atoms. The minimum Gasteiger partial charge on any atom is -0.394 e. The molecule has 0 bridgehead atoms. The van der Waals surface area contributed by atoms with Crippen LogP contribution in [0.25, 0.3) is 0 Å². The van der Waals surface area contributed by atoms with Crippen molar-refractivity contribution < 1.29 is 20.1 Å². The molecule has 0 saturated carbocycles. The molecule has 0 amide bonds. The Morgan fingerprint density at radius 2 is 1.90 bits per heavy atom. The van der Waals surface area contributed by atoms with Gasteiger partial charge < -0.3 is 15.3 Å². The summed E-state index contributed by atoms with van der Waals surface area (Å²) in [4.78, 5) is 10.1. The Morgan fingerprint density at radius 3 is 2.20 bits per heavy atom. The van der Waals surface area contributed by atoms with Crippen molar-refractivity contribution in [2.45, 2.75) is 18.6 Å². The van der Waals surface area contributed by atoms with E-state index < -0.39 is 24.1 Å². The van der Waals surface area contributed by atoms with Gasteiger partial charge in [-0.05, 0) is 11.6 Å². The lowest BCUT2D eigenvalue weighted by molar-refractivity contribution is -0.115. The van der Waals surface area contributed by atoms with Crippen LogP contribution in [0.5, 0.6) is 0 Å². The van der Waals surface area contributed by atoms with Crippen molar-refractivity contribution in [2.24, 2.45) is 0 Å². The minimum atomic E-state index is -1.29. The number of rotatable bonds is 4. The van der Waals surface area contributed by atoms with Crippen molar-refractivity contribution in [1.29, 1.82) is 0 Å². The molecule has 3 N–H and O–H groups in total. The molecule has 0 aliphatic rings. The second-order valence-electron chi connectivity index (χ2n) is 1.88. The van der Waals surface area contributed by atoms with E-state index in [4.69, 9.17) is 26.9 Å². The topological polar surface area (TPSA) is 77.8 Å². The Balaban J connectivity index is 3.61. The van der Waals surface area contributed by atoms with Crippen LogP contribution in [0.4, 0.5) is 0 Å². The van der Waals surface area contributed by atoms with E-state index in [9.17, 15) is 4.79 Å². The maximum atomic E-state index is 10.1. The summed E-state index contributed by atoms with van der Waals surface area (Å²) in [5.41, 5.74) is 0. The van der Waals surface area contributed by atoms with Gasteiger partial charge in [0.15, 0.2) is 0 Å². The van der Waals surface area contributed by atoms with E-state index in [1.54, 1.807) is 0 Å². The van der Waals surface area contributed by atoms with Gasteiger partial charge in [-0.1, -0.05) is 0 Å². The Hall–Kier alpha value is -0.160. The van der Waals surface area contributed by atoms with E-state index >= 15 is 0 Å². The van der Waals surface area contributed by atoms with Gasteiger partial charge in [0, 0.05) is 0 Å². The predicted octanol–water partition coefficient (Wildman–Crippen LogP) is -1.14. The first-order valence-electron chi connectivity index (χ1n) is 2.73. The molecule has 2 unspecified atom stereocenters. The van der Waals surface area contributed by atoms with Gasteiger partial charge in [-0.15, -0.1) is 0 Å². The minimum absolute atomic E-state index is 0.344. The average molecular weight is 169 g/mol. The first kappa shape index (κ1) is 9.84. The molecule has 10 heavy (non-hydrogen) atoms. The van der Waals surface area contributed by atoms with Crippen LogP contribution in [0.3, 0.4) is 0 Å². The summed E-state index contributed by atoms with van der Waals surface area (Å²) in [7, 11) is 0. The second-order valence-corrected chi connectivity index (χ2v) is 2.30. The van der Waals surface area contributed by atoms with E-state index in [2.05, 4.69) is 0 Å². The lowest BCUT2D eigenvalue weighted by Gasteiger charge is -2.12. The third-order valence-electron chi connectivity index (χ3n) is 1.00. The third-order valence-corrected chi connectivity index (χ3v) is 1.16. The van der Waals surface area contributed by atoms with Crippen LogP contribution < -0.4 is 0 Å². The van der Waals surface area contributed by atoms with Crippen molar-refractivity contribution >= 4 is 16.8 Å². The van der Waals surface area contributed by atoms with Gasteiger partial charge in [0.25, 0.3) is 0 Å². The maximum Gasteiger partial charge on any atom is 0.224 e. The van der Waals surface area contributed by atoms with Gasteiger partial charge in [0.2, 0.25) is 5.24 Å². The molecule has 0 radical (unpaired) electrons. The third kappa shape index (κ3) is 3.79. The fourth-order valence-corrected chi connectivity index (χ4v) is 0.580. The molecular weight excluding hydrogens is 160 g/mol. The average Bonchev–Trinajstić information content (AvgIpc) is 1.85.